The van der Waals surface area contributed by atoms with Crippen molar-refractivity contribution >= 4 is 17.6 Å². The molecule has 1 aliphatic rings. The Morgan fingerprint density at radius 1 is 1.23 bits per heavy atom. The summed E-state index contributed by atoms with van der Waals surface area (Å²) >= 11 is 0. The Morgan fingerprint density at radius 2 is 2.00 bits per heavy atom. The van der Waals surface area contributed by atoms with Crippen molar-refractivity contribution in [2.24, 2.45) is 5.92 Å². The third-order valence-corrected chi connectivity index (χ3v) is 4.52. The third kappa shape index (κ3) is 4.47. The molecule has 1 aliphatic carbocycles. The van der Waals surface area contributed by atoms with Gasteiger partial charge >= 0.3 is 5.97 Å². The van der Waals surface area contributed by atoms with E-state index in [1.807, 2.05) is 0 Å². The molecule has 1 amide bonds. The molecular formula is C19H23N3O4. The molecule has 2 aromatic rings. The molecule has 138 valence electrons. The maximum atomic E-state index is 12.4. The van der Waals surface area contributed by atoms with Crippen LogP contribution in [0.1, 0.15) is 67.3 Å². The standard InChI is InChI=1S/C19H23N3O4/c1-12(18-22-21-13(2)26-18)25-19(24)15-9-6-10-16(11-15)20-17(23)14-7-4-3-5-8-14/h6,9-12,14H,3-5,7-8H2,1-2H3,(H,20,23)/t12-/m0/s1. The van der Waals surface area contributed by atoms with E-state index in [-0.39, 0.29) is 17.7 Å². The predicted molar refractivity (Wildman–Crippen MR) is 94.5 cm³/mol. The van der Waals surface area contributed by atoms with E-state index in [2.05, 4.69) is 15.5 Å². The Labute approximate surface area is 152 Å². The molecular weight excluding hydrogens is 334 g/mol. The highest BCUT2D eigenvalue weighted by Crippen LogP contribution is 2.25. The monoisotopic (exact) mass is 357 g/mol. The van der Waals surface area contributed by atoms with Crippen LogP contribution in [-0.4, -0.2) is 22.1 Å². The van der Waals surface area contributed by atoms with Crippen molar-refractivity contribution in [1.29, 1.82) is 0 Å². The number of aryl methyl sites for hydroxylation is 1. The molecule has 3 rings (SSSR count). The average Bonchev–Trinajstić information content (AvgIpc) is 3.09. The molecule has 1 fully saturated rings. The Bertz CT molecular complexity index is 781. The quantitative estimate of drug-likeness (QED) is 0.818. The van der Waals surface area contributed by atoms with Gasteiger partial charge in [-0.25, -0.2) is 4.79 Å². The summed E-state index contributed by atoms with van der Waals surface area (Å²) in [5.41, 5.74) is 0.950. The number of benzene rings is 1. The van der Waals surface area contributed by atoms with Gasteiger partial charge in [0.15, 0.2) is 6.10 Å². The molecule has 1 heterocycles. The molecule has 1 saturated carbocycles. The van der Waals surface area contributed by atoms with Gasteiger partial charge in [-0.3, -0.25) is 4.79 Å². The van der Waals surface area contributed by atoms with Gasteiger partial charge in [0, 0.05) is 18.5 Å². The third-order valence-electron chi connectivity index (χ3n) is 4.52. The van der Waals surface area contributed by atoms with E-state index in [4.69, 9.17) is 9.15 Å². The molecule has 1 aromatic carbocycles. The highest BCUT2D eigenvalue weighted by atomic mass is 16.6. The lowest BCUT2D eigenvalue weighted by atomic mass is 9.88. The fourth-order valence-corrected chi connectivity index (χ4v) is 3.09. The molecule has 0 saturated heterocycles. The van der Waals surface area contributed by atoms with Crippen molar-refractivity contribution in [2.45, 2.75) is 52.1 Å². The van der Waals surface area contributed by atoms with Crippen molar-refractivity contribution in [1.82, 2.24) is 10.2 Å². The Balaban J connectivity index is 1.62. The molecule has 7 heteroatoms. The summed E-state index contributed by atoms with van der Waals surface area (Å²) in [6, 6.07) is 6.75. The van der Waals surface area contributed by atoms with Crippen LogP contribution < -0.4 is 5.32 Å². The van der Waals surface area contributed by atoms with E-state index in [9.17, 15) is 9.59 Å². The molecule has 26 heavy (non-hydrogen) atoms. The lowest BCUT2D eigenvalue weighted by molar-refractivity contribution is -0.120. The summed E-state index contributed by atoms with van der Waals surface area (Å²) in [6.07, 6.45) is 4.59. The van der Waals surface area contributed by atoms with Crippen LogP contribution in [0, 0.1) is 12.8 Å². The van der Waals surface area contributed by atoms with Gasteiger partial charge < -0.3 is 14.5 Å². The zero-order chi connectivity index (χ0) is 18.5. The van der Waals surface area contributed by atoms with E-state index in [1.54, 1.807) is 38.1 Å². The topological polar surface area (TPSA) is 94.3 Å². The first-order valence-electron chi connectivity index (χ1n) is 8.95. The number of hydrogen-bond donors (Lipinski definition) is 1. The summed E-state index contributed by atoms with van der Waals surface area (Å²) in [6.45, 7) is 3.34. The first-order chi connectivity index (χ1) is 12.5. The Morgan fingerprint density at radius 3 is 2.69 bits per heavy atom. The van der Waals surface area contributed by atoms with Gasteiger partial charge in [-0.15, -0.1) is 10.2 Å². The lowest BCUT2D eigenvalue weighted by Gasteiger charge is -2.20. The van der Waals surface area contributed by atoms with Crippen LogP contribution in [0.3, 0.4) is 0 Å². The van der Waals surface area contributed by atoms with Crippen molar-refractivity contribution in [3.63, 3.8) is 0 Å². The molecule has 0 spiro atoms. The maximum absolute atomic E-state index is 12.4. The summed E-state index contributed by atoms with van der Waals surface area (Å²) in [4.78, 5) is 24.7. The van der Waals surface area contributed by atoms with Crippen LogP contribution in [0.25, 0.3) is 0 Å². The number of aromatic nitrogens is 2. The zero-order valence-electron chi connectivity index (χ0n) is 15.0. The van der Waals surface area contributed by atoms with E-state index >= 15 is 0 Å². The van der Waals surface area contributed by atoms with Gasteiger partial charge in [0.25, 0.3) is 5.89 Å². The molecule has 0 radical (unpaired) electrons. The first kappa shape index (κ1) is 18.1. The summed E-state index contributed by atoms with van der Waals surface area (Å²) in [7, 11) is 0. The number of nitrogens with one attached hydrogen (secondary N) is 1. The zero-order valence-corrected chi connectivity index (χ0v) is 15.0. The van der Waals surface area contributed by atoms with Crippen molar-refractivity contribution in [3.05, 3.63) is 41.6 Å². The molecule has 1 aromatic heterocycles. The van der Waals surface area contributed by atoms with Crippen molar-refractivity contribution < 1.29 is 18.7 Å². The molecule has 1 atom stereocenters. The van der Waals surface area contributed by atoms with Crippen LogP contribution >= 0.6 is 0 Å². The van der Waals surface area contributed by atoms with Crippen molar-refractivity contribution in [2.75, 3.05) is 5.32 Å². The van der Waals surface area contributed by atoms with Gasteiger partial charge in [-0.1, -0.05) is 25.3 Å². The molecule has 1 N–H and O–H groups in total. The molecule has 7 nitrogen and oxygen atoms in total. The maximum Gasteiger partial charge on any atom is 0.338 e. The van der Waals surface area contributed by atoms with E-state index in [1.165, 1.54) is 6.42 Å². The second-order valence-corrected chi connectivity index (χ2v) is 6.61. The number of nitrogens with zero attached hydrogens (tertiary/aromatic N) is 2. The summed E-state index contributed by atoms with van der Waals surface area (Å²) < 4.78 is 10.6. The van der Waals surface area contributed by atoms with Crippen molar-refractivity contribution in [3.8, 4) is 0 Å². The van der Waals surface area contributed by atoms with Gasteiger partial charge in [0.05, 0.1) is 5.56 Å². The Kier molecular flexibility index (Phi) is 5.65. The number of rotatable bonds is 5. The number of esters is 1. The smallest absolute Gasteiger partial charge is 0.338 e. The minimum atomic E-state index is -0.649. The largest absolute Gasteiger partial charge is 0.449 e. The molecule has 0 bridgehead atoms. The van der Waals surface area contributed by atoms with Crippen LogP contribution in [0.5, 0.6) is 0 Å². The predicted octanol–water partition coefficient (Wildman–Crippen LogP) is 3.81. The fourth-order valence-electron chi connectivity index (χ4n) is 3.09. The first-order valence-corrected chi connectivity index (χ1v) is 8.95. The number of hydrogen-bond acceptors (Lipinski definition) is 6. The highest BCUT2D eigenvalue weighted by molar-refractivity contribution is 5.95. The van der Waals surface area contributed by atoms with Gasteiger partial charge in [-0.05, 0) is 38.0 Å². The van der Waals surface area contributed by atoms with Gasteiger partial charge in [0.2, 0.25) is 11.8 Å². The van der Waals surface area contributed by atoms with E-state index in [0.717, 1.165) is 25.7 Å². The number of ether oxygens (including phenoxy) is 1. The number of anilines is 1. The summed E-state index contributed by atoms with van der Waals surface area (Å²) in [5.74, 6) is 0.222. The van der Waals surface area contributed by atoms with E-state index < -0.39 is 12.1 Å². The average molecular weight is 357 g/mol. The van der Waals surface area contributed by atoms with Crippen LogP contribution in [0.15, 0.2) is 28.7 Å². The normalized spacial score (nSPS) is 16.1. The second-order valence-electron chi connectivity index (χ2n) is 6.61. The van der Waals surface area contributed by atoms with Gasteiger partial charge in [-0.2, -0.15) is 0 Å². The second kappa shape index (κ2) is 8.12. The minimum absolute atomic E-state index is 0.0184. The lowest BCUT2D eigenvalue weighted by Crippen LogP contribution is -2.24. The SMILES string of the molecule is Cc1nnc([C@H](C)OC(=O)c2cccc(NC(=O)C3CCCCC3)c2)o1. The summed E-state index contributed by atoms with van der Waals surface area (Å²) in [5, 5.41) is 10.5. The number of amides is 1. The molecule has 0 unspecified atom stereocenters. The van der Waals surface area contributed by atoms with Crippen LogP contribution in [-0.2, 0) is 9.53 Å². The molecule has 0 aliphatic heterocycles. The number of carbonyl (C=O) groups excluding carboxylic acids is 2. The fraction of sp³-hybridized carbons (Fsp3) is 0.474. The van der Waals surface area contributed by atoms with Gasteiger partial charge in [0.1, 0.15) is 0 Å². The number of carbonyl (C=O) groups is 2. The minimum Gasteiger partial charge on any atom is -0.449 e. The highest BCUT2D eigenvalue weighted by Gasteiger charge is 2.22. The Hall–Kier alpha value is -2.70. The van der Waals surface area contributed by atoms with E-state index in [0.29, 0.717) is 17.1 Å². The van der Waals surface area contributed by atoms with Crippen LogP contribution in [0.4, 0.5) is 5.69 Å². The van der Waals surface area contributed by atoms with Crippen LogP contribution in [0.2, 0.25) is 0 Å².